The van der Waals surface area contributed by atoms with Gasteiger partial charge in [-0.2, -0.15) is 0 Å². The quantitative estimate of drug-likeness (QED) is 0.649. The third kappa shape index (κ3) is 3.94. The normalized spacial score (nSPS) is 10.7. The van der Waals surface area contributed by atoms with Gasteiger partial charge in [0.05, 0.1) is 0 Å². The van der Waals surface area contributed by atoms with E-state index in [0.29, 0.717) is 6.54 Å². The maximum atomic E-state index is 5.59. The second kappa shape index (κ2) is 6.62. The summed E-state index contributed by atoms with van der Waals surface area (Å²) in [5, 5.41) is 0. The monoisotopic (exact) mass is 196 g/mol. The average Bonchev–Trinajstić information content (AvgIpc) is 2.61. The molecule has 0 radical (unpaired) electrons. The third-order valence-electron chi connectivity index (χ3n) is 2.24. The first-order valence-corrected chi connectivity index (χ1v) is 5.34. The molecule has 14 heavy (non-hydrogen) atoms. The molecule has 0 aliphatic carbocycles. The molecular weight excluding hydrogens is 176 g/mol. The molecule has 0 saturated carbocycles. The molecule has 0 aromatic carbocycles. The van der Waals surface area contributed by atoms with Gasteiger partial charge in [-0.1, -0.05) is 6.42 Å². The Kier molecular flexibility index (Phi) is 5.33. The summed E-state index contributed by atoms with van der Waals surface area (Å²) in [6, 6.07) is 4.07. The smallest absolute Gasteiger partial charge is 0.105 e. The SMILES string of the molecule is NCCCCCc1ccc(CCN)o1. The fourth-order valence-electron chi connectivity index (χ4n) is 1.45. The number of hydrogen-bond donors (Lipinski definition) is 2. The van der Waals surface area contributed by atoms with Gasteiger partial charge in [0, 0.05) is 12.8 Å². The molecule has 4 N–H and O–H groups in total. The number of hydrogen-bond acceptors (Lipinski definition) is 3. The first-order valence-electron chi connectivity index (χ1n) is 5.34. The maximum Gasteiger partial charge on any atom is 0.105 e. The predicted octanol–water partition coefficient (Wildman–Crippen LogP) is 1.45. The molecule has 0 saturated heterocycles. The van der Waals surface area contributed by atoms with Crippen LogP contribution in [0.25, 0.3) is 0 Å². The van der Waals surface area contributed by atoms with Crippen LogP contribution in [0.4, 0.5) is 0 Å². The molecule has 0 amide bonds. The Hall–Kier alpha value is -0.800. The van der Waals surface area contributed by atoms with Crippen LogP contribution < -0.4 is 11.5 Å². The van der Waals surface area contributed by atoms with Crippen LogP contribution in [0.5, 0.6) is 0 Å². The lowest BCUT2D eigenvalue weighted by Gasteiger charge is -1.97. The Bertz CT molecular complexity index is 245. The number of furan rings is 1. The Morgan fingerprint density at radius 2 is 1.57 bits per heavy atom. The summed E-state index contributed by atoms with van der Waals surface area (Å²) in [5.74, 6) is 2.08. The maximum absolute atomic E-state index is 5.59. The summed E-state index contributed by atoms with van der Waals surface area (Å²) in [5.41, 5.74) is 10.8. The zero-order valence-electron chi connectivity index (χ0n) is 8.67. The van der Waals surface area contributed by atoms with Crippen LogP contribution in [0.2, 0.25) is 0 Å². The lowest BCUT2D eigenvalue weighted by Crippen LogP contribution is -2.01. The van der Waals surface area contributed by atoms with Crippen LogP contribution in [-0.2, 0) is 12.8 Å². The highest BCUT2D eigenvalue weighted by molar-refractivity contribution is 5.07. The van der Waals surface area contributed by atoms with Gasteiger partial charge in [0.25, 0.3) is 0 Å². The van der Waals surface area contributed by atoms with E-state index in [4.69, 9.17) is 15.9 Å². The van der Waals surface area contributed by atoms with Gasteiger partial charge in [-0.25, -0.2) is 0 Å². The van der Waals surface area contributed by atoms with Crippen LogP contribution >= 0.6 is 0 Å². The van der Waals surface area contributed by atoms with Gasteiger partial charge in [-0.05, 0) is 38.1 Å². The van der Waals surface area contributed by atoms with Crippen molar-refractivity contribution in [2.75, 3.05) is 13.1 Å². The van der Waals surface area contributed by atoms with Crippen LogP contribution in [-0.4, -0.2) is 13.1 Å². The lowest BCUT2D eigenvalue weighted by molar-refractivity contribution is 0.457. The predicted molar refractivity (Wildman–Crippen MR) is 58.1 cm³/mol. The van der Waals surface area contributed by atoms with E-state index in [1.807, 2.05) is 12.1 Å². The Balaban J connectivity index is 2.22. The van der Waals surface area contributed by atoms with Crippen molar-refractivity contribution in [1.29, 1.82) is 0 Å². The lowest BCUT2D eigenvalue weighted by atomic mass is 10.1. The van der Waals surface area contributed by atoms with Crippen molar-refractivity contribution < 1.29 is 4.42 Å². The van der Waals surface area contributed by atoms with Crippen LogP contribution in [0.3, 0.4) is 0 Å². The summed E-state index contributed by atoms with van der Waals surface area (Å²) in [6.07, 6.45) is 5.31. The Morgan fingerprint density at radius 1 is 0.857 bits per heavy atom. The van der Waals surface area contributed by atoms with Crippen molar-refractivity contribution in [1.82, 2.24) is 0 Å². The van der Waals surface area contributed by atoms with E-state index in [1.165, 1.54) is 6.42 Å². The van der Waals surface area contributed by atoms with Crippen molar-refractivity contribution in [3.8, 4) is 0 Å². The van der Waals surface area contributed by atoms with Crippen LogP contribution in [0.1, 0.15) is 30.8 Å². The molecule has 0 unspecified atom stereocenters. The van der Waals surface area contributed by atoms with Crippen molar-refractivity contribution in [3.63, 3.8) is 0 Å². The van der Waals surface area contributed by atoms with E-state index in [2.05, 4.69) is 0 Å². The average molecular weight is 196 g/mol. The molecular formula is C11H20N2O. The fraction of sp³-hybridized carbons (Fsp3) is 0.636. The molecule has 1 aromatic heterocycles. The van der Waals surface area contributed by atoms with Gasteiger partial charge < -0.3 is 15.9 Å². The molecule has 0 spiro atoms. The van der Waals surface area contributed by atoms with E-state index in [9.17, 15) is 0 Å². The van der Waals surface area contributed by atoms with E-state index in [1.54, 1.807) is 0 Å². The van der Waals surface area contributed by atoms with E-state index >= 15 is 0 Å². The number of unbranched alkanes of at least 4 members (excludes halogenated alkanes) is 2. The molecule has 0 atom stereocenters. The zero-order chi connectivity index (χ0) is 10.2. The van der Waals surface area contributed by atoms with Gasteiger partial charge in [0.1, 0.15) is 11.5 Å². The highest BCUT2D eigenvalue weighted by Gasteiger charge is 2.00. The van der Waals surface area contributed by atoms with Crippen LogP contribution in [0, 0.1) is 0 Å². The molecule has 0 bridgehead atoms. The van der Waals surface area contributed by atoms with Crippen molar-refractivity contribution >= 4 is 0 Å². The fourth-order valence-corrected chi connectivity index (χ4v) is 1.45. The summed E-state index contributed by atoms with van der Waals surface area (Å²) in [4.78, 5) is 0. The van der Waals surface area contributed by atoms with Gasteiger partial charge >= 0.3 is 0 Å². The van der Waals surface area contributed by atoms with Gasteiger partial charge in [-0.15, -0.1) is 0 Å². The van der Waals surface area contributed by atoms with Crippen molar-refractivity contribution in [2.24, 2.45) is 11.5 Å². The zero-order valence-corrected chi connectivity index (χ0v) is 8.67. The minimum Gasteiger partial charge on any atom is -0.466 e. The number of aryl methyl sites for hydroxylation is 1. The van der Waals surface area contributed by atoms with Crippen LogP contribution in [0.15, 0.2) is 16.5 Å². The third-order valence-corrected chi connectivity index (χ3v) is 2.24. The molecule has 3 heteroatoms. The summed E-state index contributed by atoms with van der Waals surface area (Å²) in [7, 11) is 0. The second-order valence-electron chi connectivity index (χ2n) is 3.51. The standard InChI is InChI=1S/C11H20N2O/c12-8-3-1-2-4-10-5-6-11(14-10)7-9-13/h5-6H,1-4,7-9,12-13H2. The summed E-state index contributed by atoms with van der Waals surface area (Å²) >= 11 is 0. The van der Waals surface area contributed by atoms with E-state index < -0.39 is 0 Å². The topological polar surface area (TPSA) is 65.2 Å². The van der Waals surface area contributed by atoms with Gasteiger partial charge in [-0.3, -0.25) is 0 Å². The molecule has 1 heterocycles. The first kappa shape index (κ1) is 11.3. The molecule has 80 valence electrons. The highest BCUT2D eigenvalue weighted by atomic mass is 16.3. The molecule has 1 rings (SSSR count). The first-order chi connectivity index (χ1) is 6.86. The molecule has 0 fully saturated rings. The Labute approximate surface area is 85.5 Å². The van der Waals surface area contributed by atoms with Crippen molar-refractivity contribution in [3.05, 3.63) is 23.7 Å². The summed E-state index contributed by atoms with van der Waals surface area (Å²) < 4.78 is 5.59. The molecule has 0 aliphatic heterocycles. The van der Waals surface area contributed by atoms with Gasteiger partial charge in [0.15, 0.2) is 0 Å². The minimum absolute atomic E-state index is 0.653. The van der Waals surface area contributed by atoms with E-state index in [0.717, 1.165) is 43.7 Å². The number of rotatable bonds is 7. The highest BCUT2D eigenvalue weighted by Crippen LogP contribution is 2.11. The molecule has 1 aromatic rings. The molecule has 0 aliphatic rings. The van der Waals surface area contributed by atoms with Gasteiger partial charge in [0.2, 0.25) is 0 Å². The number of nitrogens with two attached hydrogens (primary N) is 2. The minimum atomic E-state index is 0.653. The Morgan fingerprint density at radius 3 is 2.21 bits per heavy atom. The van der Waals surface area contributed by atoms with Crippen molar-refractivity contribution in [2.45, 2.75) is 32.1 Å². The summed E-state index contributed by atoms with van der Waals surface area (Å²) in [6.45, 7) is 1.44. The van der Waals surface area contributed by atoms with E-state index in [-0.39, 0.29) is 0 Å². The molecule has 3 nitrogen and oxygen atoms in total. The largest absolute Gasteiger partial charge is 0.466 e. The second-order valence-corrected chi connectivity index (χ2v) is 3.51.